The minimum absolute atomic E-state index is 0.0848. The number of alkyl halides is 1. The predicted octanol–water partition coefficient (Wildman–Crippen LogP) is 8.43. The normalized spacial score (nSPS) is 20.7. The molecule has 0 aliphatic heterocycles. The number of rotatable bonds is 17. The molecule has 0 amide bonds. The summed E-state index contributed by atoms with van der Waals surface area (Å²) in [6.07, 6.45) is 14.9. The van der Waals surface area contributed by atoms with Crippen molar-refractivity contribution < 1.29 is 14.0 Å². The van der Waals surface area contributed by atoms with E-state index >= 15 is 0 Å². The van der Waals surface area contributed by atoms with Gasteiger partial charge in [0.15, 0.2) is 0 Å². The van der Waals surface area contributed by atoms with Crippen LogP contribution in [0.1, 0.15) is 88.0 Å². The van der Waals surface area contributed by atoms with Crippen LogP contribution in [0.2, 0.25) is 0 Å². The zero-order chi connectivity index (χ0) is 26.4. The van der Waals surface area contributed by atoms with Crippen LogP contribution in [0.4, 0.5) is 4.39 Å². The van der Waals surface area contributed by atoms with Crippen LogP contribution < -0.4 is 0 Å². The molecule has 0 rings (SSSR count). The maximum Gasteiger partial charge on any atom is 0.141 e. The van der Waals surface area contributed by atoms with Crippen LogP contribution in [0, 0.1) is 41.4 Å². The highest BCUT2D eigenvalue weighted by Gasteiger charge is 2.33. The molecule has 0 saturated carbocycles. The van der Waals surface area contributed by atoms with Crippen LogP contribution in [0.5, 0.6) is 0 Å². The van der Waals surface area contributed by atoms with Gasteiger partial charge in [0.1, 0.15) is 17.7 Å². The van der Waals surface area contributed by atoms with Crippen LogP contribution in [-0.4, -0.2) is 23.4 Å². The molecule has 2 nitrogen and oxygen atoms in total. The highest BCUT2D eigenvalue weighted by atomic mass is 31.0. The van der Waals surface area contributed by atoms with Crippen molar-refractivity contribution in [2.24, 2.45) is 41.4 Å². The van der Waals surface area contributed by atoms with E-state index in [1.165, 1.54) is 12.8 Å². The second-order valence-electron chi connectivity index (χ2n) is 10.6. The zero-order valence-electron chi connectivity index (χ0n) is 23.3. The van der Waals surface area contributed by atoms with Crippen LogP contribution in [-0.2, 0) is 9.59 Å². The lowest BCUT2D eigenvalue weighted by molar-refractivity contribution is -0.130. The molecule has 196 valence electrons. The van der Waals surface area contributed by atoms with E-state index in [4.69, 9.17) is 0 Å². The molecule has 0 aliphatic carbocycles. The summed E-state index contributed by atoms with van der Waals surface area (Å²) >= 11 is 0. The molecule has 34 heavy (non-hydrogen) atoms. The van der Waals surface area contributed by atoms with Gasteiger partial charge in [-0.1, -0.05) is 98.3 Å². The minimum atomic E-state index is -1.20. The molecular formula is C30H52FO2P. The Hall–Kier alpha value is -1.08. The molecule has 4 unspecified atom stereocenters. The Morgan fingerprint density at radius 1 is 0.882 bits per heavy atom. The molecule has 0 aromatic rings. The number of carbonyl (C=O) groups excluding carboxylic acids is 2. The van der Waals surface area contributed by atoms with Gasteiger partial charge in [0.25, 0.3) is 0 Å². The van der Waals surface area contributed by atoms with E-state index in [0.717, 1.165) is 6.42 Å². The van der Waals surface area contributed by atoms with E-state index in [-0.39, 0.29) is 40.9 Å². The second kappa shape index (κ2) is 17.4. The van der Waals surface area contributed by atoms with Gasteiger partial charge in [-0.15, -0.1) is 9.24 Å². The maximum atomic E-state index is 14.7. The Morgan fingerprint density at radius 2 is 1.44 bits per heavy atom. The van der Waals surface area contributed by atoms with Crippen molar-refractivity contribution in [2.75, 3.05) is 0 Å². The average Bonchev–Trinajstić information content (AvgIpc) is 2.80. The van der Waals surface area contributed by atoms with E-state index in [1.807, 2.05) is 33.8 Å². The summed E-state index contributed by atoms with van der Waals surface area (Å²) in [5.41, 5.74) is 0.171. The predicted molar refractivity (Wildman–Crippen MR) is 150 cm³/mol. The Balaban J connectivity index is 4.82. The lowest BCUT2D eigenvalue weighted by Crippen LogP contribution is -2.34. The molecule has 0 aliphatic rings. The van der Waals surface area contributed by atoms with Crippen molar-refractivity contribution in [3.05, 3.63) is 36.5 Å². The second-order valence-corrected chi connectivity index (χ2v) is 11.4. The van der Waals surface area contributed by atoms with Crippen molar-refractivity contribution in [1.29, 1.82) is 0 Å². The number of allylic oxidation sites excluding steroid dienone is 6. The SMILES string of the molecule is C/C=C/[C@@H](C)[C@H](F)[C@@H](C)C(=O)C(C)C[C@@H](C)C(=O)C(C)C(P)[C@@H](C)C/C=C/C=C/[C@@H](C)CCC. The van der Waals surface area contributed by atoms with Gasteiger partial charge < -0.3 is 0 Å². The third-order valence-electron chi connectivity index (χ3n) is 7.23. The van der Waals surface area contributed by atoms with Crippen LogP contribution >= 0.6 is 9.24 Å². The third kappa shape index (κ3) is 11.6. The summed E-state index contributed by atoms with van der Waals surface area (Å²) in [6.45, 7) is 17.7. The average molecular weight is 495 g/mol. The molecular weight excluding hydrogens is 442 g/mol. The number of halogens is 1. The summed E-state index contributed by atoms with van der Waals surface area (Å²) in [7, 11) is 2.87. The highest BCUT2D eigenvalue weighted by molar-refractivity contribution is 7.17. The van der Waals surface area contributed by atoms with Crippen LogP contribution in [0.3, 0.4) is 0 Å². The van der Waals surface area contributed by atoms with Crippen molar-refractivity contribution in [3.8, 4) is 0 Å². The fourth-order valence-electron chi connectivity index (χ4n) is 4.70. The summed E-state index contributed by atoms with van der Waals surface area (Å²) in [4.78, 5) is 25.9. The number of hydrogen-bond donors (Lipinski definition) is 0. The minimum Gasteiger partial charge on any atom is -0.299 e. The van der Waals surface area contributed by atoms with Gasteiger partial charge in [0.2, 0.25) is 0 Å². The van der Waals surface area contributed by atoms with Crippen LogP contribution in [0.15, 0.2) is 36.5 Å². The highest BCUT2D eigenvalue weighted by Crippen LogP contribution is 2.30. The lowest BCUT2D eigenvalue weighted by atomic mass is 9.79. The standard InChI is InChI=1S/C30H52FO2P/c1-10-15-20(3)17-13-12-14-18-22(5)30(34)26(9)29(33)24(7)19-23(6)28(32)25(8)27(31)21(4)16-11-2/h11-14,16-17,20-27,30H,10,15,18-19,34H2,1-9H3/b14-12+,16-11+,17-13+/t20-,21+,22-,23?,24+,25+,26?,27-,30?/m0/s1. The maximum absolute atomic E-state index is 14.7. The molecule has 0 saturated heterocycles. The van der Waals surface area contributed by atoms with Crippen molar-refractivity contribution in [1.82, 2.24) is 0 Å². The van der Waals surface area contributed by atoms with Gasteiger partial charge in [-0.05, 0) is 43.7 Å². The van der Waals surface area contributed by atoms with Gasteiger partial charge in [0.05, 0.1) is 0 Å². The quantitative estimate of drug-likeness (QED) is 0.115. The fourth-order valence-corrected chi connectivity index (χ4v) is 5.05. The Morgan fingerprint density at radius 3 is 1.97 bits per heavy atom. The Kier molecular flexibility index (Phi) is 16.8. The number of hydrogen-bond acceptors (Lipinski definition) is 2. The largest absolute Gasteiger partial charge is 0.299 e. The van der Waals surface area contributed by atoms with E-state index in [9.17, 15) is 14.0 Å². The fraction of sp³-hybridized carbons (Fsp3) is 0.733. The first-order valence-corrected chi connectivity index (χ1v) is 14.0. The van der Waals surface area contributed by atoms with Crippen molar-refractivity contribution >= 4 is 20.8 Å². The molecule has 4 heteroatoms. The van der Waals surface area contributed by atoms with Gasteiger partial charge in [-0.3, -0.25) is 9.59 Å². The lowest BCUT2D eigenvalue weighted by Gasteiger charge is -2.28. The molecule has 10 atom stereocenters. The summed E-state index contributed by atoms with van der Waals surface area (Å²) in [6, 6.07) is 0. The Bertz CT molecular complexity index is 683. The first kappa shape index (κ1) is 32.9. The zero-order valence-corrected chi connectivity index (χ0v) is 24.4. The Labute approximate surface area is 212 Å². The topological polar surface area (TPSA) is 34.1 Å². The van der Waals surface area contributed by atoms with Gasteiger partial charge in [-0.25, -0.2) is 4.39 Å². The molecule has 0 N–H and O–H groups in total. The first-order valence-electron chi connectivity index (χ1n) is 13.3. The van der Waals surface area contributed by atoms with Gasteiger partial charge >= 0.3 is 0 Å². The number of ketones is 2. The van der Waals surface area contributed by atoms with E-state index < -0.39 is 12.1 Å². The van der Waals surface area contributed by atoms with Gasteiger partial charge in [0, 0.05) is 29.6 Å². The first-order chi connectivity index (χ1) is 15.9. The molecule has 0 bridgehead atoms. The van der Waals surface area contributed by atoms with Gasteiger partial charge in [-0.2, -0.15) is 0 Å². The van der Waals surface area contributed by atoms with Crippen molar-refractivity contribution in [2.45, 2.75) is 99.8 Å². The van der Waals surface area contributed by atoms with E-state index in [0.29, 0.717) is 18.3 Å². The summed E-state index contributed by atoms with van der Waals surface area (Å²) in [5, 5.41) is 0. The number of carbonyl (C=O) groups is 2. The summed E-state index contributed by atoms with van der Waals surface area (Å²) < 4.78 is 14.7. The molecule has 0 aromatic carbocycles. The third-order valence-corrected chi connectivity index (χ3v) is 8.46. The number of Topliss-reactive ketones (excluding diaryl/α,β-unsaturated/α-hetero) is 2. The molecule has 0 aromatic heterocycles. The monoisotopic (exact) mass is 494 g/mol. The molecule has 0 heterocycles. The van der Waals surface area contributed by atoms with E-state index in [2.05, 4.69) is 54.3 Å². The smallest absolute Gasteiger partial charge is 0.141 e. The molecule has 0 spiro atoms. The molecule has 0 radical (unpaired) electrons. The van der Waals surface area contributed by atoms with Crippen LogP contribution in [0.25, 0.3) is 0 Å². The van der Waals surface area contributed by atoms with E-state index in [1.54, 1.807) is 19.9 Å². The molecule has 0 fully saturated rings. The van der Waals surface area contributed by atoms with Crippen molar-refractivity contribution in [3.63, 3.8) is 0 Å². The summed E-state index contributed by atoms with van der Waals surface area (Å²) in [5.74, 6) is -0.553.